The van der Waals surface area contributed by atoms with Crippen molar-refractivity contribution in [3.05, 3.63) is 52.8 Å². The van der Waals surface area contributed by atoms with E-state index >= 15 is 0 Å². The predicted molar refractivity (Wildman–Crippen MR) is 89.7 cm³/mol. The molecule has 0 saturated heterocycles. The molecule has 1 aromatic carbocycles. The van der Waals surface area contributed by atoms with Gasteiger partial charge in [0.15, 0.2) is 6.61 Å². The lowest BCUT2D eigenvalue weighted by molar-refractivity contribution is -0.119. The number of nitrogens with one attached hydrogen (secondary N) is 1. The van der Waals surface area contributed by atoms with Crippen LogP contribution < -0.4 is 5.32 Å². The van der Waals surface area contributed by atoms with Crippen molar-refractivity contribution < 1.29 is 14.3 Å². The number of esters is 1. The van der Waals surface area contributed by atoms with Crippen molar-refractivity contribution >= 4 is 17.6 Å². The maximum absolute atomic E-state index is 12.2. The molecule has 2 aromatic rings. The van der Waals surface area contributed by atoms with Crippen molar-refractivity contribution in [2.75, 3.05) is 11.9 Å². The van der Waals surface area contributed by atoms with Crippen LogP contribution in [-0.2, 0) is 16.1 Å². The highest BCUT2D eigenvalue weighted by molar-refractivity contribution is 5.96. The van der Waals surface area contributed by atoms with E-state index in [1.165, 1.54) is 0 Å². The Balaban J connectivity index is 1.97. The lowest BCUT2D eigenvalue weighted by Gasteiger charge is -2.09. The van der Waals surface area contributed by atoms with Gasteiger partial charge >= 0.3 is 5.97 Å². The molecule has 0 atom stereocenters. The minimum Gasteiger partial charge on any atom is -0.452 e. The molecule has 1 aromatic heterocycles. The number of amides is 1. The fraction of sp³-hybridized carbons (Fsp3) is 0.333. The van der Waals surface area contributed by atoms with Crippen LogP contribution in [0.3, 0.4) is 0 Å². The molecule has 0 aliphatic carbocycles. The van der Waals surface area contributed by atoms with Crippen molar-refractivity contribution in [1.29, 1.82) is 0 Å². The van der Waals surface area contributed by atoms with Crippen molar-refractivity contribution in [3.8, 4) is 0 Å². The Morgan fingerprint density at radius 2 is 1.87 bits per heavy atom. The number of hydrogen-bond acceptors (Lipinski definition) is 3. The first-order valence-corrected chi connectivity index (χ1v) is 7.63. The molecule has 0 saturated carbocycles. The first kappa shape index (κ1) is 16.8. The van der Waals surface area contributed by atoms with Crippen LogP contribution in [0, 0.1) is 20.8 Å². The molecule has 1 N–H and O–H groups in total. The number of carbonyl (C=O) groups is 2. The number of ether oxygens (including phenoxy) is 1. The topological polar surface area (TPSA) is 60.3 Å². The zero-order valence-electron chi connectivity index (χ0n) is 14.0. The van der Waals surface area contributed by atoms with Gasteiger partial charge in [0.05, 0.1) is 5.56 Å². The van der Waals surface area contributed by atoms with Crippen molar-refractivity contribution in [3.63, 3.8) is 0 Å². The van der Waals surface area contributed by atoms with Gasteiger partial charge in [-0.3, -0.25) is 4.79 Å². The molecular formula is C18H22N2O3. The zero-order chi connectivity index (χ0) is 17.0. The van der Waals surface area contributed by atoms with Crippen LogP contribution in [0.5, 0.6) is 0 Å². The van der Waals surface area contributed by atoms with Gasteiger partial charge in [-0.1, -0.05) is 18.2 Å². The Labute approximate surface area is 136 Å². The Morgan fingerprint density at radius 3 is 2.48 bits per heavy atom. The quantitative estimate of drug-likeness (QED) is 0.862. The van der Waals surface area contributed by atoms with E-state index in [0.29, 0.717) is 5.56 Å². The molecule has 5 heteroatoms. The Hall–Kier alpha value is -2.56. The molecule has 0 aliphatic rings. The van der Waals surface area contributed by atoms with Crippen LogP contribution in [-0.4, -0.2) is 23.1 Å². The third-order valence-corrected chi connectivity index (χ3v) is 3.86. The summed E-state index contributed by atoms with van der Waals surface area (Å²) in [5, 5.41) is 2.74. The van der Waals surface area contributed by atoms with Crippen molar-refractivity contribution in [2.45, 2.75) is 34.2 Å². The van der Waals surface area contributed by atoms with Gasteiger partial charge in [-0.05, 0) is 45.4 Å². The van der Waals surface area contributed by atoms with Crippen LogP contribution in [0.15, 0.2) is 30.3 Å². The summed E-state index contributed by atoms with van der Waals surface area (Å²) in [6.07, 6.45) is 0. The van der Waals surface area contributed by atoms with Gasteiger partial charge in [-0.2, -0.15) is 0 Å². The monoisotopic (exact) mass is 314 g/mol. The second-order valence-electron chi connectivity index (χ2n) is 5.47. The molecule has 23 heavy (non-hydrogen) atoms. The Bertz CT molecular complexity index is 732. The summed E-state index contributed by atoms with van der Waals surface area (Å²) >= 11 is 0. The van der Waals surface area contributed by atoms with Crippen LogP contribution >= 0.6 is 0 Å². The van der Waals surface area contributed by atoms with Gasteiger partial charge in [-0.15, -0.1) is 0 Å². The summed E-state index contributed by atoms with van der Waals surface area (Å²) in [4.78, 5) is 24.1. The number of benzene rings is 1. The van der Waals surface area contributed by atoms with E-state index in [1.807, 2.05) is 56.5 Å². The minimum atomic E-state index is -0.474. The maximum atomic E-state index is 12.2. The van der Waals surface area contributed by atoms with Crippen LogP contribution in [0.25, 0.3) is 0 Å². The van der Waals surface area contributed by atoms with E-state index in [9.17, 15) is 9.59 Å². The lowest BCUT2D eigenvalue weighted by Crippen LogP contribution is -2.21. The summed E-state index contributed by atoms with van der Waals surface area (Å²) in [7, 11) is 0. The number of rotatable bonds is 5. The summed E-state index contributed by atoms with van der Waals surface area (Å²) < 4.78 is 7.16. The van der Waals surface area contributed by atoms with Gasteiger partial charge in [0.2, 0.25) is 0 Å². The number of hydrogen-bond donors (Lipinski definition) is 1. The first-order valence-electron chi connectivity index (χ1n) is 7.63. The summed E-state index contributed by atoms with van der Waals surface area (Å²) in [6.45, 7) is 8.23. The standard InChI is InChI=1S/C18H22N2O3/c1-5-20-13(3)10-15(14(20)4)18(22)23-11-17(21)19-16-9-7-6-8-12(16)2/h6-10H,5,11H2,1-4H3,(H,19,21). The number of aryl methyl sites for hydroxylation is 2. The molecule has 1 amide bonds. The number of carbonyl (C=O) groups excluding carboxylic acids is 2. The molecule has 122 valence electrons. The normalized spacial score (nSPS) is 10.4. The number of para-hydroxylation sites is 1. The van der Waals surface area contributed by atoms with Crippen LogP contribution in [0.1, 0.15) is 34.2 Å². The maximum Gasteiger partial charge on any atom is 0.340 e. The average molecular weight is 314 g/mol. The van der Waals surface area contributed by atoms with E-state index in [1.54, 1.807) is 6.07 Å². The van der Waals surface area contributed by atoms with Crippen LogP contribution in [0.2, 0.25) is 0 Å². The zero-order valence-corrected chi connectivity index (χ0v) is 14.0. The van der Waals surface area contributed by atoms with E-state index in [0.717, 1.165) is 29.2 Å². The lowest BCUT2D eigenvalue weighted by atomic mass is 10.2. The Morgan fingerprint density at radius 1 is 1.17 bits per heavy atom. The van der Waals surface area contributed by atoms with Gasteiger partial charge in [0, 0.05) is 23.6 Å². The molecule has 0 bridgehead atoms. The van der Waals surface area contributed by atoms with Crippen molar-refractivity contribution in [2.24, 2.45) is 0 Å². The molecule has 2 rings (SSSR count). The minimum absolute atomic E-state index is 0.303. The van der Waals surface area contributed by atoms with Crippen LogP contribution in [0.4, 0.5) is 5.69 Å². The molecule has 0 radical (unpaired) electrons. The fourth-order valence-corrected chi connectivity index (χ4v) is 2.60. The molecule has 1 heterocycles. The number of aromatic nitrogens is 1. The van der Waals surface area contributed by atoms with E-state index in [2.05, 4.69) is 5.32 Å². The number of nitrogens with zero attached hydrogens (tertiary/aromatic N) is 1. The highest BCUT2D eigenvalue weighted by Crippen LogP contribution is 2.16. The highest BCUT2D eigenvalue weighted by atomic mass is 16.5. The highest BCUT2D eigenvalue weighted by Gasteiger charge is 2.17. The molecule has 0 unspecified atom stereocenters. The smallest absolute Gasteiger partial charge is 0.340 e. The van der Waals surface area contributed by atoms with Gasteiger partial charge in [-0.25, -0.2) is 4.79 Å². The van der Waals surface area contributed by atoms with Gasteiger partial charge in [0.1, 0.15) is 0 Å². The molecular weight excluding hydrogens is 292 g/mol. The molecule has 0 spiro atoms. The molecule has 0 aliphatic heterocycles. The van der Waals surface area contributed by atoms with E-state index in [4.69, 9.17) is 4.74 Å². The second kappa shape index (κ2) is 7.13. The fourth-order valence-electron chi connectivity index (χ4n) is 2.60. The van der Waals surface area contributed by atoms with Gasteiger partial charge in [0.25, 0.3) is 5.91 Å². The third-order valence-electron chi connectivity index (χ3n) is 3.86. The predicted octanol–water partition coefficient (Wildman–Crippen LogP) is 3.23. The van der Waals surface area contributed by atoms with Crippen molar-refractivity contribution in [1.82, 2.24) is 4.57 Å². The van der Waals surface area contributed by atoms with Gasteiger partial charge < -0.3 is 14.6 Å². The first-order chi connectivity index (χ1) is 10.9. The summed E-state index contributed by atoms with van der Waals surface area (Å²) in [6, 6.07) is 9.24. The van der Waals surface area contributed by atoms with E-state index in [-0.39, 0.29) is 12.5 Å². The average Bonchev–Trinajstić information content (AvgIpc) is 2.81. The number of anilines is 1. The largest absolute Gasteiger partial charge is 0.452 e. The molecule has 5 nitrogen and oxygen atoms in total. The third kappa shape index (κ3) is 3.80. The molecule has 0 fully saturated rings. The second-order valence-corrected chi connectivity index (χ2v) is 5.47. The summed E-state index contributed by atoms with van der Waals surface area (Å²) in [5.74, 6) is -0.824. The Kier molecular flexibility index (Phi) is 5.21. The van der Waals surface area contributed by atoms with E-state index < -0.39 is 5.97 Å². The summed E-state index contributed by atoms with van der Waals surface area (Å²) in [5.41, 5.74) is 4.04. The SMILES string of the molecule is CCn1c(C)cc(C(=O)OCC(=O)Nc2ccccc2C)c1C.